The molecule has 0 saturated heterocycles. The molecule has 0 radical (unpaired) electrons. The van der Waals surface area contributed by atoms with E-state index in [0.717, 1.165) is 25.7 Å². The molecule has 148 valence electrons. The molecule has 8 nitrogen and oxygen atoms in total. The number of carboxylic acid groups (broad SMARTS) is 1. The predicted octanol–water partition coefficient (Wildman–Crippen LogP) is 3.51. The number of nitrogens with zero attached hydrogens (tertiary/aromatic N) is 5. The lowest BCUT2D eigenvalue weighted by molar-refractivity contribution is 0.0697. The average molecular weight is 394 g/mol. The van der Waals surface area contributed by atoms with Gasteiger partial charge in [0.05, 0.1) is 12.3 Å². The van der Waals surface area contributed by atoms with Gasteiger partial charge in [-0.3, -0.25) is 4.40 Å². The van der Waals surface area contributed by atoms with Crippen LogP contribution in [0.4, 0.5) is 10.2 Å². The van der Waals surface area contributed by atoms with Gasteiger partial charge in [0.2, 0.25) is 0 Å². The Kier molecular flexibility index (Phi) is 5.08. The molecule has 0 aromatic carbocycles. The summed E-state index contributed by atoms with van der Waals surface area (Å²) in [4.78, 5) is 24.4. The van der Waals surface area contributed by atoms with E-state index >= 15 is 0 Å². The molecule has 1 aliphatic rings. The van der Waals surface area contributed by atoms with Gasteiger partial charge in [0.25, 0.3) is 0 Å². The summed E-state index contributed by atoms with van der Waals surface area (Å²) in [6, 6.07) is 5.15. The zero-order chi connectivity index (χ0) is 20.4. The molecule has 29 heavy (non-hydrogen) atoms. The van der Waals surface area contributed by atoms with Crippen molar-refractivity contribution in [1.29, 1.82) is 5.26 Å². The van der Waals surface area contributed by atoms with Crippen LogP contribution in [0.1, 0.15) is 42.5 Å². The van der Waals surface area contributed by atoms with E-state index in [0.29, 0.717) is 23.7 Å². The molecule has 0 atom stereocenters. The van der Waals surface area contributed by atoms with Crippen LogP contribution in [0.3, 0.4) is 0 Å². The number of aromatic carboxylic acids is 1. The summed E-state index contributed by atoms with van der Waals surface area (Å²) in [6.45, 7) is 0. The molecule has 0 aliphatic heterocycles. The molecule has 3 aromatic heterocycles. The van der Waals surface area contributed by atoms with Crippen molar-refractivity contribution >= 4 is 17.4 Å². The van der Waals surface area contributed by atoms with Gasteiger partial charge in [-0.05, 0) is 43.7 Å². The first kappa shape index (κ1) is 18.8. The number of hydrogen-bond acceptors (Lipinski definition) is 6. The summed E-state index contributed by atoms with van der Waals surface area (Å²) in [5, 5.41) is 21.6. The van der Waals surface area contributed by atoms with Crippen LogP contribution < -0.4 is 5.32 Å². The van der Waals surface area contributed by atoms with Crippen LogP contribution in [0.5, 0.6) is 0 Å². The van der Waals surface area contributed by atoms with Crippen molar-refractivity contribution in [3.63, 3.8) is 0 Å². The zero-order valence-electron chi connectivity index (χ0n) is 15.5. The monoisotopic (exact) mass is 394 g/mol. The molecule has 2 N–H and O–H groups in total. The second-order valence-electron chi connectivity index (χ2n) is 7.20. The third-order valence-corrected chi connectivity index (χ3v) is 5.29. The Hall–Kier alpha value is -3.54. The van der Waals surface area contributed by atoms with E-state index in [4.69, 9.17) is 5.26 Å². The van der Waals surface area contributed by atoms with Crippen LogP contribution in [0.15, 0.2) is 30.7 Å². The first-order valence-corrected chi connectivity index (χ1v) is 9.42. The largest absolute Gasteiger partial charge is 0.477 e. The van der Waals surface area contributed by atoms with Gasteiger partial charge in [0.15, 0.2) is 5.82 Å². The normalized spacial score (nSPS) is 19.0. The van der Waals surface area contributed by atoms with E-state index in [1.165, 1.54) is 29.1 Å². The summed E-state index contributed by atoms with van der Waals surface area (Å²) in [7, 11) is 0. The Balaban J connectivity index is 1.64. The van der Waals surface area contributed by atoms with Gasteiger partial charge in [-0.15, -0.1) is 0 Å². The molecule has 0 unspecified atom stereocenters. The molecule has 3 aromatic rings. The number of pyridine rings is 1. The Bertz CT molecular complexity index is 1100. The summed E-state index contributed by atoms with van der Waals surface area (Å²) >= 11 is 0. The molecule has 1 aliphatic carbocycles. The molecule has 1 saturated carbocycles. The molecule has 9 heteroatoms. The van der Waals surface area contributed by atoms with E-state index in [1.807, 2.05) is 0 Å². The fourth-order valence-corrected chi connectivity index (χ4v) is 3.73. The minimum atomic E-state index is -1.12. The van der Waals surface area contributed by atoms with Crippen molar-refractivity contribution in [1.82, 2.24) is 19.4 Å². The van der Waals surface area contributed by atoms with E-state index in [9.17, 15) is 14.3 Å². The number of fused-ring (bicyclic) bond motifs is 1. The second-order valence-corrected chi connectivity index (χ2v) is 7.20. The van der Waals surface area contributed by atoms with Crippen LogP contribution in [-0.4, -0.2) is 36.5 Å². The van der Waals surface area contributed by atoms with Gasteiger partial charge < -0.3 is 10.4 Å². The van der Waals surface area contributed by atoms with Gasteiger partial charge in [0.1, 0.15) is 28.5 Å². The molecular weight excluding hydrogens is 375 g/mol. The highest BCUT2D eigenvalue weighted by atomic mass is 19.1. The van der Waals surface area contributed by atoms with Crippen molar-refractivity contribution in [3.8, 4) is 17.6 Å². The molecule has 1 fully saturated rings. The number of rotatable bonds is 5. The molecule has 0 spiro atoms. The maximum absolute atomic E-state index is 13.7. The standard InChI is InChI=1S/C20H19FN6O2/c21-13-3-6-17-23-10-16(27(17)11-13)19-24-9-15(20(28)29)18(26-19)25-14-4-1-12(2-5-14)7-8-22/h3,6,9-12,14H,1-2,4-5,7H2,(H,28,29)(H,24,25,26). The van der Waals surface area contributed by atoms with E-state index in [-0.39, 0.29) is 23.2 Å². The Morgan fingerprint density at radius 2 is 2.07 bits per heavy atom. The van der Waals surface area contributed by atoms with Crippen molar-refractivity contribution in [2.24, 2.45) is 5.92 Å². The third-order valence-electron chi connectivity index (χ3n) is 5.29. The molecule has 3 heterocycles. The lowest BCUT2D eigenvalue weighted by atomic mass is 9.84. The fourth-order valence-electron chi connectivity index (χ4n) is 3.73. The third kappa shape index (κ3) is 3.87. The maximum Gasteiger partial charge on any atom is 0.341 e. The second kappa shape index (κ2) is 7.83. The number of carbonyl (C=O) groups is 1. The van der Waals surface area contributed by atoms with Gasteiger partial charge >= 0.3 is 5.97 Å². The minimum absolute atomic E-state index is 0.0205. The highest BCUT2D eigenvalue weighted by Crippen LogP contribution is 2.29. The number of anilines is 1. The first-order chi connectivity index (χ1) is 14.0. The van der Waals surface area contributed by atoms with Crippen LogP contribution in [-0.2, 0) is 0 Å². The van der Waals surface area contributed by atoms with Crippen molar-refractivity contribution in [3.05, 3.63) is 42.1 Å². The van der Waals surface area contributed by atoms with E-state index in [2.05, 4.69) is 26.3 Å². The number of aromatic nitrogens is 4. The van der Waals surface area contributed by atoms with Crippen molar-refractivity contribution in [2.75, 3.05) is 5.32 Å². The Morgan fingerprint density at radius 1 is 1.28 bits per heavy atom. The fraction of sp³-hybridized carbons (Fsp3) is 0.350. The smallest absolute Gasteiger partial charge is 0.341 e. The Labute approximate surface area is 166 Å². The number of nitrogens with one attached hydrogen (secondary N) is 1. The number of carboxylic acids is 1. The lowest BCUT2D eigenvalue weighted by Crippen LogP contribution is -2.27. The SMILES string of the molecule is N#CCC1CCC(Nc2nc(-c3cnc4ccc(F)cn34)ncc2C(=O)O)CC1. The van der Waals surface area contributed by atoms with Gasteiger partial charge in [-0.1, -0.05) is 0 Å². The van der Waals surface area contributed by atoms with Crippen LogP contribution >= 0.6 is 0 Å². The molecule has 0 amide bonds. The summed E-state index contributed by atoms with van der Waals surface area (Å²) in [5.41, 5.74) is 0.989. The minimum Gasteiger partial charge on any atom is -0.477 e. The van der Waals surface area contributed by atoms with Crippen LogP contribution in [0, 0.1) is 23.1 Å². The quantitative estimate of drug-likeness (QED) is 0.680. The number of imidazole rings is 1. The number of halogens is 1. The zero-order valence-corrected chi connectivity index (χ0v) is 15.5. The van der Waals surface area contributed by atoms with Gasteiger partial charge in [0, 0.05) is 24.9 Å². The first-order valence-electron chi connectivity index (χ1n) is 9.42. The summed E-state index contributed by atoms with van der Waals surface area (Å²) < 4.78 is 15.2. The van der Waals surface area contributed by atoms with Gasteiger partial charge in [-0.25, -0.2) is 24.1 Å². The highest BCUT2D eigenvalue weighted by molar-refractivity contribution is 5.93. The summed E-state index contributed by atoms with van der Waals surface area (Å²) in [5.74, 6) is -0.662. The van der Waals surface area contributed by atoms with Crippen molar-refractivity contribution in [2.45, 2.75) is 38.1 Å². The topological polar surface area (TPSA) is 116 Å². The Morgan fingerprint density at radius 3 is 2.79 bits per heavy atom. The number of hydrogen-bond donors (Lipinski definition) is 2. The predicted molar refractivity (Wildman–Crippen MR) is 103 cm³/mol. The molecule has 0 bridgehead atoms. The van der Waals surface area contributed by atoms with E-state index in [1.54, 1.807) is 6.07 Å². The highest BCUT2D eigenvalue weighted by Gasteiger charge is 2.24. The van der Waals surface area contributed by atoms with Crippen LogP contribution in [0.25, 0.3) is 17.2 Å². The van der Waals surface area contributed by atoms with E-state index < -0.39 is 11.8 Å². The summed E-state index contributed by atoms with van der Waals surface area (Å²) in [6.07, 6.45) is 8.13. The van der Waals surface area contributed by atoms with Crippen molar-refractivity contribution < 1.29 is 14.3 Å². The molecular formula is C20H19FN6O2. The maximum atomic E-state index is 13.7. The van der Waals surface area contributed by atoms with Crippen LogP contribution in [0.2, 0.25) is 0 Å². The van der Waals surface area contributed by atoms with Gasteiger partial charge in [-0.2, -0.15) is 5.26 Å². The average Bonchev–Trinajstić information content (AvgIpc) is 3.12. The lowest BCUT2D eigenvalue weighted by Gasteiger charge is -2.28. The number of nitriles is 1. The molecule has 4 rings (SSSR count).